The average molecular weight is 473 g/mol. The third-order valence-corrected chi connectivity index (χ3v) is 11.9. The Labute approximate surface area is 205 Å². The first-order valence-corrected chi connectivity index (χ1v) is 17.7. The smallest absolute Gasteiger partial charge is 0.184 e. The van der Waals surface area contributed by atoms with Gasteiger partial charge in [0.05, 0.1) is 0 Å². The lowest BCUT2D eigenvalue weighted by atomic mass is 9.47. The van der Waals surface area contributed by atoms with E-state index in [1.54, 1.807) is 5.57 Å². The first-order valence-electron chi connectivity index (χ1n) is 14.2. The summed E-state index contributed by atoms with van der Waals surface area (Å²) in [6.45, 7) is 18.8. The standard InChI is InChI=1S/C30H52O2Si/c1-20(2)28(31)14-9-21(3)25-12-13-26-24-11-10-22-19-23(32-33(6,7)8)15-17-29(22,4)27(24)16-18-30(25,26)5/h10,20-21,23-27H,9,11-19H2,1-8H3/t21-,23?,24+,25-,26+,27+,29+,30-/m1/s1. The molecule has 4 aliphatic rings. The SMILES string of the molecule is CC(C)C(=O)CC[C@@H](C)[C@H]1CC[C@H]2[C@@H]3CC=C4CC(O[Si](C)(C)C)CC[C@]4(C)[C@H]3CC[C@]12C. The van der Waals surface area contributed by atoms with E-state index in [0.717, 1.165) is 36.5 Å². The number of carbonyl (C=O) groups is 1. The fourth-order valence-electron chi connectivity index (χ4n) is 9.06. The van der Waals surface area contributed by atoms with E-state index in [1.165, 1.54) is 51.4 Å². The third-order valence-electron chi connectivity index (χ3n) is 10.8. The molecule has 0 heterocycles. The van der Waals surface area contributed by atoms with Gasteiger partial charge in [-0.3, -0.25) is 4.79 Å². The van der Waals surface area contributed by atoms with Crippen molar-refractivity contribution in [1.82, 2.24) is 0 Å². The number of rotatable bonds is 7. The fraction of sp³-hybridized carbons (Fsp3) is 0.900. The molecule has 0 spiro atoms. The zero-order valence-corrected chi connectivity index (χ0v) is 24.0. The molecule has 3 saturated carbocycles. The number of ketones is 1. The van der Waals surface area contributed by atoms with Crippen molar-refractivity contribution >= 4 is 14.1 Å². The molecule has 4 rings (SSSR count). The summed E-state index contributed by atoms with van der Waals surface area (Å²) in [5.74, 6) is 4.77. The molecule has 0 N–H and O–H groups in total. The van der Waals surface area contributed by atoms with Crippen molar-refractivity contribution in [2.24, 2.45) is 46.3 Å². The normalized spacial score (nSPS) is 41.7. The summed E-state index contributed by atoms with van der Waals surface area (Å²) in [6, 6.07) is 0. The third kappa shape index (κ3) is 4.84. The van der Waals surface area contributed by atoms with Crippen molar-refractivity contribution in [3.8, 4) is 0 Å². The molecule has 2 nitrogen and oxygen atoms in total. The summed E-state index contributed by atoms with van der Waals surface area (Å²) in [5.41, 5.74) is 2.65. The molecule has 0 amide bonds. The molecule has 0 radical (unpaired) electrons. The summed E-state index contributed by atoms with van der Waals surface area (Å²) in [7, 11) is -1.47. The second-order valence-electron chi connectivity index (χ2n) is 14.2. The van der Waals surface area contributed by atoms with Crippen LogP contribution in [0.3, 0.4) is 0 Å². The van der Waals surface area contributed by atoms with Gasteiger partial charge in [0.15, 0.2) is 8.32 Å². The van der Waals surface area contributed by atoms with E-state index in [2.05, 4.69) is 60.3 Å². The molecule has 0 saturated heterocycles. The maximum absolute atomic E-state index is 12.3. The quantitative estimate of drug-likeness (QED) is 0.274. The van der Waals surface area contributed by atoms with Gasteiger partial charge in [0.1, 0.15) is 5.78 Å². The van der Waals surface area contributed by atoms with E-state index in [-0.39, 0.29) is 5.92 Å². The molecule has 8 atom stereocenters. The van der Waals surface area contributed by atoms with Crippen LogP contribution in [0.5, 0.6) is 0 Å². The van der Waals surface area contributed by atoms with Crippen LogP contribution < -0.4 is 0 Å². The van der Waals surface area contributed by atoms with Gasteiger partial charge < -0.3 is 4.43 Å². The zero-order valence-electron chi connectivity index (χ0n) is 23.0. The lowest BCUT2D eigenvalue weighted by Gasteiger charge is -2.58. The Kier molecular flexibility index (Phi) is 7.18. The Bertz CT molecular complexity index is 764. The van der Waals surface area contributed by atoms with Crippen LogP contribution in [0.25, 0.3) is 0 Å². The summed E-state index contributed by atoms with van der Waals surface area (Å²) in [5, 5.41) is 0. The Morgan fingerprint density at radius 2 is 1.79 bits per heavy atom. The predicted molar refractivity (Wildman–Crippen MR) is 142 cm³/mol. The van der Waals surface area contributed by atoms with Crippen molar-refractivity contribution in [3.63, 3.8) is 0 Å². The molecule has 0 bridgehead atoms. The fourth-order valence-corrected chi connectivity index (χ4v) is 10.3. The van der Waals surface area contributed by atoms with Crippen LogP contribution in [-0.2, 0) is 9.22 Å². The maximum Gasteiger partial charge on any atom is 0.184 e. The van der Waals surface area contributed by atoms with Gasteiger partial charge in [-0.15, -0.1) is 0 Å². The molecular weight excluding hydrogens is 420 g/mol. The van der Waals surface area contributed by atoms with Crippen LogP contribution in [0, 0.1) is 46.3 Å². The van der Waals surface area contributed by atoms with Gasteiger partial charge in [-0.2, -0.15) is 0 Å². The number of Topliss-reactive ketones (excluding diaryl/α,β-unsaturated/α-hetero) is 1. The van der Waals surface area contributed by atoms with Crippen molar-refractivity contribution in [1.29, 1.82) is 0 Å². The highest BCUT2D eigenvalue weighted by Crippen LogP contribution is 2.67. The monoisotopic (exact) mass is 472 g/mol. The van der Waals surface area contributed by atoms with E-state index in [1.807, 2.05) is 0 Å². The highest BCUT2D eigenvalue weighted by Gasteiger charge is 2.59. The largest absolute Gasteiger partial charge is 0.414 e. The van der Waals surface area contributed by atoms with E-state index in [0.29, 0.717) is 28.6 Å². The zero-order chi connectivity index (χ0) is 24.2. The maximum atomic E-state index is 12.3. The number of hydrogen-bond acceptors (Lipinski definition) is 2. The molecule has 3 heteroatoms. The van der Waals surface area contributed by atoms with Gasteiger partial charge >= 0.3 is 0 Å². The van der Waals surface area contributed by atoms with Crippen LogP contribution in [0.15, 0.2) is 11.6 Å². The molecule has 188 valence electrons. The summed E-state index contributed by atoms with van der Waals surface area (Å²) >= 11 is 0. The van der Waals surface area contributed by atoms with Gasteiger partial charge in [-0.25, -0.2) is 0 Å². The van der Waals surface area contributed by atoms with E-state index >= 15 is 0 Å². The van der Waals surface area contributed by atoms with Gasteiger partial charge in [-0.1, -0.05) is 46.3 Å². The second kappa shape index (κ2) is 9.23. The molecule has 0 aromatic carbocycles. The van der Waals surface area contributed by atoms with Crippen LogP contribution in [-0.4, -0.2) is 20.2 Å². The Hall–Kier alpha value is -0.413. The van der Waals surface area contributed by atoms with Crippen LogP contribution in [0.4, 0.5) is 0 Å². The van der Waals surface area contributed by atoms with Crippen LogP contribution >= 0.6 is 0 Å². The number of allylic oxidation sites excluding steroid dienone is 1. The summed E-state index contributed by atoms with van der Waals surface area (Å²) < 4.78 is 6.56. The van der Waals surface area contributed by atoms with Crippen molar-refractivity contribution in [3.05, 3.63) is 11.6 Å². The van der Waals surface area contributed by atoms with Crippen LogP contribution in [0.2, 0.25) is 19.6 Å². The van der Waals surface area contributed by atoms with Crippen molar-refractivity contribution in [2.75, 3.05) is 0 Å². The number of hydrogen-bond donors (Lipinski definition) is 0. The first kappa shape index (κ1) is 25.7. The number of carbonyl (C=O) groups excluding carboxylic acids is 1. The molecule has 33 heavy (non-hydrogen) atoms. The molecule has 3 fully saturated rings. The average Bonchev–Trinajstić information content (AvgIpc) is 3.08. The topological polar surface area (TPSA) is 26.3 Å². The van der Waals surface area contributed by atoms with Crippen molar-refractivity contribution < 1.29 is 9.22 Å². The van der Waals surface area contributed by atoms with Crippen LogP contribution in [0.1, 0.15) is 98.8 Å². The highest BCUT2D eigenvalue weighted by atomic mass is 28.4. The summed E-state index contributed by atoms with van der Waals surface area (Å²) in [6.07, 6.45) is 15.7. The van der Waals surface area contributed by atoms with E-state index < -0.39 is 8.32 Å². The minimum Gasteiger partial charge on any atom is -0.414 e. The molecular formula is C30H52O2Si. The van der Waals surface area contributed by atoms with Gasteiger partial charge in [0.2, 0.25) is 0 Å². The second-order valence-corrected chi connectivity index (χ2v) is 18.7. The molecule has 0 aromatic heterocycles. The van der Waals surface area contributed by atoms with Gasteiger partial charge in [-0.05, 0) is 118 Å². The van der Waals surface area contributed by atoms with Gasteiger partial charge in [0.25, 0.3) is 0 Å². The molecule has 1 unspecified atom stereocenters. The summed E-state index contributed by atoms with van der Waals surface area (Å²) in [4.78, 5) is 12.3. The first-order chi connectivity index (χ1) is 15.3. The highest BCUT2D eigenvalue weighted by molar-refractivity contribution is 6.69. The molecule has 4 aliphatic carbocycles. The van der Waals surface area contributed by atoms with Crippen molar-refractivity contribution in [2.45, 2.75) is 125 Å². The predicted octanol–water partition coefficient (Wildman–Crippen LogP) is 8.43. The van der Waals surface area contributed by atoms with E-state index in [4.69, 9.17) is 4.43 Å². The lowest BCUT2D eigenvalue weighted by Crippen LogP contribution is -2.51. The Morgan fingerprint density at radius 3 is 2.45 bits per heavy atom. The molecule has 0 aromatic rings. The molecule has 0 aliphatic heterocycles. The lowest BCUT2D eigenvalue weighted by molar-refractivity contribution is -0.122. The minimum atomic E-state index is -1.47. The Balaban J connectivity index is 1.46. The van der Waals surface area contributed by atoms with Gasteiger partial charge in [0, 0.05) is 18.4 Å². The Morgan fingerprint density at radius 1 is 1.06 bits per heavy atom. The minimum absolute atomic E-state index is 0.190. The van der Waals surface area contributed by atoms with E-state index in [9.17, 15) is 4.79 Å². The number of fused-ring (bicyclic) bond motifs is 5.